The molecule has 0 saturated carbocycles. The first-order valence-electron chi connectivity index (χ1n) is 8.15. The molecule has 0 aliphatic rings. The molecule has 5 heteroatoms. The van der Waals surface area contributed by atoms with Crippen LogP contribution in [0.5, 0.6) is 0 Å². The molecule has 0 aliphatic carbocycles. The van der Waals surface area contributed by atoms with E-state index in [1.165, 1.54) is 16.7 Å². The number of hydrogen-bond donors (Lipinski definition) is 0. The molecule has 25 heavy (non-hydrogen) atoms. The van der Waals surface area contributed by atoms with Gasteiger partial charge in [0.05, 0.1) is 19.8 Å². The average molecular weight is 453 g/mol. The Morgan fingerprint density at radius 3 is 2.00 bits per heavy atom. The second-order valence-electron chi connectivity index (χ2n) is 6.20. The van der Waals surface area contributed by atoms with Gasteiger partial charge in [0, 0.05) is 28.2 Å². The van der Waals surface area contributed by atoms with Crippen molar-refractivity contribution in [2.75, 3.05) is 28.2 Å². The molecule has 4 nitrogen and oxygen atoms in total. The number of halogens is 1. The van der Waals surface area contributed by atoms with Crippen molar-refractivity contribution in [2.24, 2.45) is 4.99 Å². The molecule has 2 rings (SSSR count). The Balaban J connectivity index is 0.00000312. The second-order valence-corrected chi connectivity index (χ2v) is 6.20. The molecule has 0 aliphatic heterocycles. The molecule has 0 fully saturated rings. The number of aliphatic imine (C=N–C) groups is 1. The summed E-state index contributed by atoms with van der Waals surface area (Å²) in [5.41, 5.74) is 3.56. The van der Waals surface area contributed by atoms with Gasteiger partial charge in [-0.2, -0.15) is 0 Å². The summed E-state index contributed by atoms with van der Waals surface area (Å²) in [4.78, 5) is 8.73. The molecule has 0 atom stereocenters. The van der Waals surface area contributed by atoms with E-state index in [1.54, 1.807) is 0 Å². The number of benzene rings is 2. The Labute approximate surface area is 168 Å². The van der Waals surface area contributed by atoms with Gasteiger partial charge in [-0.15, -0.1) is 24.0 Å². The van der Waals surface area contributed by atoms with Gasteiger partial charge in [-0.1, -0.05) is 54.6 Å². The summed E-state index contributed by atoms with van der Waals surface area (Å²) in [5.74, 6) is 0.959. The molecule has 0 heterocycles. The van der Waals surface area contributed by atoms with E-state index < -0.39 is 0 Å². The first kappa shape index (κ1) is 21.4. The number of nitrogens with zero attached hydrogens (tertiary/aromatic N) is 3. The number of hydrogen-bond acceptors (Lipinski definition) is 2. The largest absolute Gasteiger partial charge is 0.372 e. The van der Waals surface area contributed by atoms with Crippen LogP contribution in [0.3, 0.4) is 0 Å². The maximum absolute atomic E-state index is 5.81. The van der Waals surface area contributed by atoms with E-state index in [2.05, 4.69) is 41.4 Å². The molecule has 0 radical (unpaired) electrons. The molecule has 0 bridgehead atoms. The molecule has 2 aromatic rings. The van der Waals surface area contributed by atoms with E-state index in [1.807, 2.05) is 56.2 Å². The van der Waals surface area contributed by atoms with E-state index >= 15 is 0 Å². The third-order valence-corrected chi connectivity index (χ3v) is 3.57. The minimum absolute atomic E-state index is 0. The maximum atomic E-state index is 5.81. The van der Waals surface area contributed by atoms with Crippen molar-refractivity contribution in [3.63, 3.8) is 0 Å². The number of ether oxygens (including phenoxy) is 1. The van der Waals surface area contributed by atoms with Gasteiger partial charge in [-0.3, -0.25) is 0 Å². The summed E-state index contributed by atoms with van der Waals surface area (Å²) < 4.78 is 5.81. The predicted molar refractivity (Wildman–Crippen MR) is 115 cm³/mol. The standard InChI is InChI=1S/C20H27N3O.HI/c1-22(2)20(23(3)4)21-14-18-11-8-12-19(13-18)16-24-15-17-9-6-5-7-10-17;/h5-13H,14-16H2,1-4H3;1H. The highest BCUT2D eigenvalue weighted by atomic mass is 127. The van der Waals surface area contributed by atoms with Crippen molar-refractivity contribution in [1.29, 1.82) is 0 Å². The smallest absolute Gasteiger partial charge is 0.195 e. The van der Waals surface area contributed by atoms with Crippen molar-refractivity contribution < 1.29 is 4.74 Å². The molecular weight excluding hydrogens is 425 g/mol. The minimum Gasteiger partial charge on any atom is -0.372 e. The fourth-order valence-corrected chi connectivity index (χ4v) is 2.52. The average Bonchev–Trinajstić information content (AvgIpc) is 2.56. The van der Waals surface area contributed by atoms with Crippen LogP contribution in [0.4, 0.5) is 0 Å². The van der Waals surface area contributed by atoms with E-state index in [-0.39, 0.29) is 24.0 Å². The lowest BCUT2D eigenvalue weighted by Crippen LogP contribution is -2.35. The highest BCUT2D eigenvalue weighted by Gasteiger charge is 2.04. The lowest BCUT2D eigenvalue weighted by Gasteiger charge is -2.22. The van der Waals surface area contributed by atoms with Crippen molar-refractivity contribution in [3.8, 4) is 0 Å². The lowest BCUT2D eigenvalue weighted by atomic mass is 10.1. The summed E-state index contributed by atoms with van der Waals surface area (Å²) in [6.45, 7) is 1.91. The van der Waals surface area contributed by atoms with Gasteiger partial charge in [0.2, 0.25) is 0 Å². The van der Waals surface area contributed by atoms with Crippen LogP contribution in [-0.2, 0) is 24.5 Å². The minimum atomic E-state index is 0. The normalized spacial score (nSPS) is 9.92. The number of rotatable bonds is 6. The van der Waals surface area contributed by atoms with Crippen molar-refractivity contribution in [1.82, 2.24) is 9.80 Å². The van der Waals surface area contributed by atoms with Crippen LogP contribution in [0.1, 0.15) is 16.7 Å². The van der Waals surface area contributed by atoms with Gasteiger partial charge in [0.15, 0.2) is 5.96 Å². The van der Waals surface area contributed by atoms with Gasteiger partial charge < -0.3 is 14.5 Å². The summed E-state index contributed by atoms with van der Waals surface area (Å²) in [7, 11) is 8.03. The van der Waals surface area contributed by atoms with Gasteiger partial charge >= 0.3 is 0 Å². The van der Waals surface area contributed by atoms with E-state index in [0.717, 1.165) is 5.96 Å². The predicted octanol–water partition coefficient (Wildman–Crippen LogP) is 4.00. The van der Waals surface area contributed by atoms with Crippen LogP contribution >= 0.6 is 24.0 Å². The Bertz CT molecular complexity index is 647. The topological polar surface area (TPSA) is 28.1 Å². The first-order chi connectivity index (χ1) is 11.6. The van der Waals surface area contributed by atoms with Gasteiger partial charge in [0.25, 0.3) is 0 Å². The first-order valence-corrected chi connectivity index (χ1v) is 8.15. The molecule has 0 spiro atoms. The molecule has 0 saturated heterocycles. The quantitative estimate of drug-likeness (QED) is 0.376. The molecule has 0 unspecified atom stereocenters. The second kappa shape index (κ2) is 11.1. The van der Waals surface area contributed by atoms with E-state index in [0.29, 0.717) is 19.8 Å². The SMILES string of the molecule is CN(C)C(=NCc1cccc(COCc2ccccc2)c1)N(C)C.I. The van der Waals surface area contributed by atoms with Crippen molar-refractivity contribution in [3.05, 3.63) is 71.3 Å². The van der Waals surface area contributed by atoms with E-state index in [4.69, 9.17) is 4.74 Å². The third kappa shape index (κ3) is 7.44. The Kier molecular flexibility index (Phi) is 9.52. The fraction of sp³-hybridized carbons (Fsp3) is 0.350. The summed E-state index contributed by atoms with van der Waals surface area (Å²) in [6.07, 6.45) is 0. The van der Waals surface area contributed by atoms with Gasteiger partial charge in [-0.25, -0.2) is 4.99 Å². The molecule has 2 aromatic carbocycles. The van der Waals surface area contributed by atoms with Gasteiger partial charge in [-0.05, 0) is 16.7 Å². The summed E-state index contributed by atoms with van der Waals surface area (Å²) in [6, 6.07) is 18.7. The van der Waals surface area contributed by atoms with Crippen LogP contribution in [0.15, 0.2) is 59.6 Å². The molecule has 136 valence electrons. The van der Waals surface area contributed by atoms with Crippen molar-refractivity contribution >= 4 is 29.9 Å². The molecule has 0 N–H and O–H groups in total. The van der Waals surface area contributed by atoms with E-state index in [9.17, 15) is 0 Å². The van der Waals surface area contributed by atoms with Crippen LogP contribution < -0.4 is 0 Å². The lowest BCUT2D eigenvalue weighted by molar-refractivity contribution is 0.107. The van der Waals surface area contributed by atoms with Crippen LogP contribution in [0, 0.1) is 0 Å². The summed E-state index contributed by atoms with van der Waals surface area (Å²) >= 11 is 0. The molecule has 0 amide bonds. The monoisotopic (exact) mass is 453 g/mol. The Morgan fingerprint density at radius 1 is 0.800 bits per heavy atom. The third-order valence-electron chi connectivity index (χ3n) is 3.57. The number of guanidine groups is 1. The Morgan fingerprint density at radius 2 is 1.36 bits per heavy atom. The molecule has 0 aromatic heterocycles. The highest BCUT2D eigenvalue weighted by Crippen LogP contribution is 2.10. The summed E-state index contributed by atoms with van der Waals surface area (Å²) in [5, 5.41) is 0. The zero-order chi connectivity index (χ0) is 17.4. The zero-order valence-corrected chi connectivity index (χ0v) is 17.8. The molecular formula is C20H28IN3O. The highest BCUT2D eigenvalue weighted by molar-refractivity contribution is 14.0. The van der Waals surface area contributed by atoms with Crippen molar-refractivity contribution in [2.45, 2.75) is 19.8 Å². The maximum Gasteiger partial charge on any atom is 0.195 e. The van der Waals surface area contributed by atoms with Gasteiger partial charge in [0.1, 0.15) is 0 Å². The Hall–Kier alpha value is -1.60. The fourth-order valence-electron chi connectivity index (χ4n) is 2.52. The zero-order valence-electron chi connectivity index (χ0n) is 15.5. The van der Waals surface area contributed by atoms with Crippen LogP contribution in [0.25, 0.3) is 0 Å². The van der Waals surface area contributed by atoms with Crippen LogP contribution in [-0.4, -0.2) is 44.0 Å². The van der Waals surface area contributed by atoms with Crippen LogP contribution in [0.2, 0.25) is 0 Å².